The van der Waals surface area contributed by atoms with E-state index in [-0.39, 0.29) is 0 Å². The molecule has 2 nitrogen and oxygen atoms in total. The smallest absolute Gasteiger partial charge is 0.331 e. The summed E-state index contributed by atoms with van der Waals surface area (Å²) in [5.41, 5.74) is 2.61. The normalized spacial score (nSPS) is 17.9. The molecule has 90 valence electrons. The molecule has 1 N–H and O–H groups in total. The van der Waals surface area contributed by atoms with Crippen LogP contribution in [0, 0.1) is 5.92 Å². The lowest BCUT2D eigenvalue weighted by atomic mass is 9.87. The molecule has 0 atom stereocenters. The minimum Gasteiger partial charge on any atom is -0.478 e. The second kappa shape index (κ2) is 5.17. The van der Waals surface area contributed by atoms with Gasteiger partial charge in [-0.15, -0.1) is 0 Å². The molecule has 0 amide bonds. The summed E-state index contributed by atoms with van der Waals surface area (Å²) in [5, 5.41) is 9.22. The van der Waals surface area contributed by atoms with Gasteiger partial charge in [-0.25, -0.2) is 4.79 Å². The summed E-state index contributed by atoms with van der Waals surface area (Å²) >= 11 is 0. The SMILES string of the molecule is CC(C(=O)O)=C(c1ccccc1)C1CCCC1. The number of carbonyl (C=O) groups is 1. The van der Waals surface area contributed by atoms with Crippen LogP contribution in [0.5, 0.6) is 0 Å². The molecule has 0 radical (unpaired) electrons. The number of carboxylic acid groups (broad SMARTS) is 1. The monoisotopic (exact) mass is 230 g/mol. The Balaban J connectivity index is 2.44. The van der Waals surface area contributed by atoms with Crippen molar-refractivity contribution in [1.82, 2.24) is 0 Å². The molecule has 1 saturated carbocycles. The summed E-state index contributed by atoms with van der Waals surface area (Å²) in [4.78, 5) is 11.2. The highest BCUT2D eigenvalue weighted by molar-refractivity contribution is 5.96. The summed E-state index contributed by atoms with van der Waals surface area (Å²) < 4.78 is 0. The van der Waals surface area contributed by atoms with E-state index in [0.717, 1.165) is 24.0 Å². The zero-order valence-corrected chi connectivity index (χ0v) is 10.1. The third-order valence-electron chi connectivity index (χ3n) is 3.57. The van der Waals surface area contributed by atoms with Crippen molar-refractivity contribution < 1.29 is 9.90 Å². The van der Waals surface area contributed by atoms with E-state index in [1.807, 2.05) is 30.3 Å². The average Bonchev–Trinajstić information content (AvgIpc) is 2.84. The molecular weight excluding hydrogens is 212 g/mol. The summed E-state index contributed by atoms with van der Waals surface area (Å²) in [6.45, 7) is 1.73. The molecule has 0 unspecified atom stereocenters. The largest absolute Gasteiger partial charge is 0.478 e. The number of aliphatic carboxylic acids is 1. The fraction of sp³-hybridized carbons (Fsp3) is 0.400. The Morgan fingerprint density at radius 2 is 1.76 bits per heavy atom. The van der Waals surface area contributed by atoms with Crippen molar-refractivity contribution >= 4 is 11.5 Å². The first-order chi connectivity index (χ1) is 8.20. The Kier molecular flexibility index (Phi) is 3.62. The predicted octanol–water partition coefficient (Wildman–Crippen LogP) is 3.73. The lowest BCUT2D eigenvalue weighted by Crippen LogP contribution is -2.07. The number of carboxylic acids is 1. The summed E-state index contributed by atoms with van der Waals surface area (Å²) in [5.74, 6) is -0.371. The quantitative estimate of drug-likeness (QED) is 0.803. The number of hydrogen-bond donors (Lipinski definition) is 1. The number of rotatable bonds is 3. The third-order valence-corrected chi connectivity index (χ3v) is 3.57. The molecule has 1 fully saturated rings. The van der Waals surface area contributed by atoms with E-state index in [1.54, 1.807) is 6.92 Å². The predicted molar refractivity (Wildman–Crippen MR) is 68.6 cm³/mol. The fourth-order valence-corrected chi connectivity index (χ4v) is 2.71. The van der Waals surface area contributed by atoms with Gasteiger partial charge < -0.3 is 5.11 Å². The van der Waals surface area contributed by atoms with Gasteiger partial charge in [0.05, 0.1) is 0 Å². The lowest BCUT2D eigenvalue weighted by Gasteiger charge is -2.17. The van der Waals surface area contributed by atoms with E-state index < -0.39 is 5.97 Å². The standard InChI is InChI=1S/C15H18O2/c1-11(15(16)17)14(13-9-5-6-10-13)12-7-3-2-4-8-12/h2-4,7-8,13H,5-6,9-10H2,1H3,(H,16,17). The third kappa shape index (κ3) is 2.57. The van der Waals surface area contributed by atoms with Gasteiger partial charge in [0, 0.05) is 5.57 Å². The molecule has 17 heavy (non-hydrogen) atoms. The molecular formula is C15H18O2. The number of hydrogen-bond acceptors (Lipinski definition) is 1. The molecule has 1 aliphatic carbocycles. The Morgan fingerprint density at radius 3 is 2.29 bits per heavy atom. The van der Waals surface area contributed by atoms with E-state index >= 15 is 0 Å². The van der Waals surface area contributed by atoms with Crippen LogP contribution in [-0.2, 0) is 4.79 Å². The van der Waals surface area contributed by atoms with Gasteiger partial charge in [-0.2, -0.15) is 0 Å². The molecule has 0 spiro atoms. The van der Waals surface area contributed by atoms with E-state index in [2.05, 4.69) is 0 Å². The highest BCUT2D eigenvalue weighted by Crippen LogP contribution is 2.38. The van der Waals surface area contributed by atoms with Gasteiger partial charge in [0.2, 0.25) is 0 Å². The van der Waals surface area contributed by atoms with E-state index in [1.165, 1.54) is 12.8 Å². The maximum absolute atomic E-state index is 11.2. The van der Waals surface area contributed by atoms with E-state index in [0.29, 0.717) is 11.5 Å². The molecule has 0 aromatic heterocycles. The summed E-state index contributed by atoms with van der Waals surface area (Å²) in [7, 11) is 0. The molecule has 2 rings (SSSR count). The second-order valence-electron chi connectivity index (χ2n) is 4.69. The highest BCUT2D eigenvalue weighted by Gasteiger charge is 2.24. The summed E-state index contributed by atoms with van der Waals surface area (Å²) in [6.07, 6.45) is 4.67. The topological polar surface area (TPSA) is 37.3 Å². The van der Waals surface area contributed by atoms with Crippen LogP contribution in [0.2, 0.25) is 0 Å². The summed E-state index contributed by atoms with van der Waals surface area (Å²) in [6, 6.07) is 9.94. The zero-order valence-electron chi connectivity index (χ0n) is 10.1. The van der Waals surface area contributed by atoms with Crippen LogP contribution in [0.15, 0.2) is 35.9 Å². The fourth-order valence-electron chi connectivity index (χ4n) is 2.71. The van der Waals surface area contributed by atoms with Gasteiger partial charge in [-0.3, -0.25) is 0 Å². The molecule has 1 aliphatic rings. The van der Waals surface area contributed by atoms with Crippen LogP contribution in [0.25, 0.3) is 5.57 Å². The van der Waals surface area contributed by atoms with E-state index in [4.69, 9.17) is 0 Å². The second-order valence-corrected chi connectivity index (χ2v) is 4.69. The first-order valence-electron chi connectivity index (χ1n) is 6.19. The van der Waals surface area contributed by atoms with Crippen molar-refractivity contribution in [3.8, 4) is 0 Å². The van der Waals surface area contributed by atoms with Gasteiger partial charge in [-0.1, -0.05) is 43.2 Å². The molecule has 0 bridgehead atoms. The molecule has 0 saturated heterocycles. The molecule has 1 aromatic carbocycles. The highest BCUT2D eigenvalue weighted by atomic mass is 16.4. The van der Waals surface area contributed by atoms with Gasteiger partial charge in [0.15, 0.2) is 0 Å². The molecule has 1 aromatic rings. The molecule has 2 heteroatoms. The zero-order chi connectivity index (χ0) is 12.3. The maximum Gasteiger partial charge on any atom is 0.331 e. The van der Waals surface area contributed by atoms with Crippen LogP contribution in [0.1, 0.15) is 38.2 Å². The molecule has 0 aliphatic heterocycles. The van der Waals surface area contributed by atoms with Crippen LogP contribution >= 0.6 is 0 Å². The Labute approximate surface area is 102 Å². The van der Waals surface area contributed by atoms with Crippen LogP contribution in [-0.4, -0.2) is 11.1 Å². The van der Waals surface area contributed by atoms with Crippen molar-refractivity contribution in [2.24, 2.45) is 5.92 Å². The Bertz CT molecular complexity index is 425. The van der Waals surface area contributed by atoms with Crippen LogP contribution < -0.4 is 0 Å². The first-order valence-corrected chi connectivity index (χ1v) is 6.19. The average molecular weight is 230 g/mol. The van der Waals surface area contributed by atoms with E-state index in [9.17, 15) is 9.90 Å². The van der Waals surface area contributed by atoms with Gasteiger partial charge in [0.25, 0.3) is 0 Å². The van der Waals surface area contributed by atoms with Gasteiger partial charge in [0.1, 0.15) is 0 Å². The minimum absolute atomic E-state index is 0.425. The van der Waals surface area contributed by atoms with Crippen molar-refractivity contribution in [3.05, 3.63) is 41.5 Å². The van der Waals surface area contributed by atoms with Crippen molar-refractivity contribution in [2.75, 3.05) is 0 Å². The number of allylic oxidation sites excluding steroid dienone is 1. The van der Waals surface area contributed by atoms with Crippen molar-refractivity contribution in [3.63, 3.8) is 0 Å². The van der Waals surface area contributed by atoms with Crippen LogP contribution in [0.4, 0.5) is 0 Å². The molecule has 0 heterocycles. The number of benzene rings is 1. The van der Waals surface area contributed by atoms with Crippen LogP contribution in [0.3, 0.4) is 0 Å². The minimum atomic E-state index is -0.796. The van der Waals surface area contributed by atoms with Gasteiger partial charge >= 0.3 is 5.97 Å². The van der Waals surface area contributed by atoms with Crippen molar-refractivity contribution in [1.29, 1.82) is 0 Å². The lowest BCUT2D eigenvalue weighted by molar-refractivity contribution is -0.132. The van der Waals surface area contributed by atoms with Gasteiger partial charge in [-0.05, 0) is 36.8 Å². The van der Waals surface area contributed by atoms with Crippen molar-refractivity contribution in [2.45, 2.75) is 32.6 Å². The Morgan fingerprint density at radius 1 is 1.18 bits per heavy atom. The maximum atomic E-state index is 11.2. The Hall–Kier alpha value is -1.57. The first kappa shape index (κ1) is 11.9.